The van der Waals surface area contributed by atoms with Crippen molar-refractivity contribution in [2.24, 2.45) is 0 Å². The van der Waals surface area contributed by atoms with Crippen LogP contribution in [0.4, 0.5) is 10.1 Å². The molecule has 0 spiro atoms. The van der Waals surface area contributed by atoms with E-state index in [0.717, 1.165) is 47.7 Å². The van der Waals surface area contributed by atoms with Gasteiger partial charge in [0.25, 0.3) is 5.91 Å². The number of para-hydroxylation sites is 1. The molecule has 2 aromatic carbocycles. The first-order valence-corrected chi connectivity index (χ1v) is 12.2. The summed E-state index contributed by atoms with van der Waals surface area (Å²) in [5.41, 5.74) is 1.37. The molecule has 0 aliphatic heterocycles. The average molecular weight is 506 g/mol. The number of hydrogen-bond donors (Lipinski definition) is 1. The van der Waals surface area contributed by atoms with Gasteiger partial charge in [-0.1, -0.05) is 78.0 Å². The molecule has 0 radical (unpaired) electrons. The van der Waals surface area contributed by atoms with Crippen LogP contribution in [-0.2, 0) is 4.79 Å². The number of aryl methyl sites for hydroxylation is 1. The maximum atomic E-state index is 15.0. The van der Waals surface area contributed by atoms with E-state index < -0.39 is 17.8 Å². The highest BCUT2D eigenvalue weighted by Crippen LogP contribution is 2.36. The number of carbonyl (C=O) groups excluding carboxylic acids is 2. The topological polar surface area (TPSA) is 62.3 Å². The molecule has 9 heteroatoms. The highest BCUT2D eigenvalue weighted by Gasteiger charge is 2.37. The van der Waals surface area contributed by atoms with Gasteiger partial charge in [-0.15, -0.1) is 0 Å². The van der Waals surface area contributed by atoms with Gasteiger partial charge in [0.1, 0.15) is 21.2 Å². The predicted molar refractivity (Wildman–Crippen MR) is 130 cm³/mol. The zero-order valence-electron chi connectivity index (χ0n) is 17.9. The third kappa shape index (κ3) is 5.05. The summed E-state index contributed by atoms with van der Waals surface area (Å²) in [5, 5.41) is 3.03. The SMILES string of the molecule is Cc1ccc(C(C(=O)NC2CCCC2)N(C(=O)c2nsc(Cl)c2Cl)c2ccccc2F)cc1. The molecular weight excluding hydrogens is 484 g/mol. The Balaban J connectivity index is 1.85. The van der Waals surface area contributed by atoms with E-state index in [1.165, 1.54) is 18.2 Å². The van der Waals surface area contributed by atoms with Crippen LogP contribution in [0.25, 0.3) is 0 Å². The van der Waals surface area contributed by atoms with Crippen LogP contribution in [-0.4, -0.2) is 22.2 Å². The molecule has 0 bridgehead atoms. The van der Waals surface area contributed by atoms with Crippen molar-refractivity contribution in [3.05, 3.63) is 80.5 Å². The van der Waals surface area contributed by atoms with Crippen LogP contribution >= 0.6 is 34.7 Å². The van der Waals surface area contributed by atoms with Crippen molar-refractivity contribution < 1.29 is 14.0 Å². The molecule has 172 valence electrons. The molecule has 0 saturated heterocycles. The molecule has 3 aromatic rings. The largest absolute Gasteiger partial charge is 0.351 e. The van der Waals surface area contributed by atoms with Crippen molar-refractivity contribution in [3.8, 4) is 0 Å². The summed E-state index contributed by atoms with van der Waals surface area (Å²) in [5.74, 6) is -1.74. The summed E-state index contributed by atoms with van der Waals surface area (Å²) < 4.78 is 19.3. The van der Waals surface area contributed by atoms with Gasteiger partial charge in [0, 0.05) is 6.04 Å². The highest BCUT2D eigenvalue weighted by atomic mass is 35.5. The summed E-state index contributed by atoms with van der Waals surface area (Å²) in [6.45, 7) is 1.92. The van der Waals surface area contributed by atoms with E-state index in [0.29, 0.717) is 5.56 Å². The van der Waals surface area contributed by atoms with Gasteiger partial charge in [-0.2, -0.15) is 4.37 Å². The highest BCUT2D eigenvalue weighted by molar-refractivity contribution is 7.11. The first-order chi connectivity index (χ1) is 15.9. The van der Waals surface area contributed by atoms with E-state index >= 15 is 4.39 Å². The zero-order valence-corrected chi connectivity index (χ0v) is 20.2. The van der Waals surface area contributed by atoms with Crippen molar-refractivity contribution in [1.29, 1.82) is 0 Å². The van der Waals surface area contributed by atoms with E-state index in [4.69, 9.17) is 23.2 Å². The molecular formula is C24H22Cl2FN3O2S. The lowest BCUT2D eigenvalue weighted by molar-refractivity contribution is -0.123. The van der Waals surface area contributed by atoms with Crippen LogP contribution in [0.15, 0.2) is 48.5 Å². The van der Waals surface area contributed by atoms with Gasteiger partial charge < -0.3 is 5.32 Å². The Hall–Kier alpha value is -2.48. The minimum atomic E-state index is -1.13. The maximum absolute atomic E-state index is 15.0. The van der Waals surface area contributed by atoms with Gasteiger partial charge in [0.2, 0.25) is 5.91 Å². The van der Waals surface area contributed by atoms with Gasteiger partial charge in [-0.25, -0.2) is 4.39 Å². The Bertz CT molecular complexity index is 1160. The molecule has 5 nitrogen and oxygen atoms in total. The Morgan fingerprint density at radius 1 is 1.12 bits per heavy atom. The molecule has 33 heavy (non-hydrogen) atoms. The lowest BCUT2D eigenvalue weighted by Gasteiger charge is -2.32. The van der Waals surface area contributed by atoms with Gasteiger partial charge in [0.05, 0.1) is 5.69 Å². The summed E-state index contributed by atoms with van der Waals surface area (Å²) in [6.07, 6.45) is 3.80. The molecule has 1 aliphatic rings. The lowest BCUT2D eigenvalue weighted by Crippen LogP contribution is -2.46. The molecule has 2 amide bonds. The average Bonchev–Trinajstić information content (AvgIpc) is 3.43. The Morgan fingerprint density at radius 2 is 1.79 bits per heavy atom. The van der Waals surface area contributed by atoms with Crippen molar-refractivity contribution in [2.45, 2.75) is 44.7 Å². The second-order valence-electron chi connectivity index (χ2n) is 8.05. The van der Waals surface area contributed by atoms with Gasteiger partial charge >= 0.3 is 0 Å². The first-order valence-electron chi connectivity index (χ1n) is 10.6. The number of amides is 2. The summed E-state index contributed by atoms with van der Waals surface area (Å²) in [6, 6.07) is 11.9. The molecule has 1 fully saturated rings. The summed E-state index contributed by atoms with van der Waals surface area (Å²) in [4.78, 5) is 28.5. The molecule has 1 aromatic heterocycles. The van der Waals surface area contributed by atoms with E-state index in [2.05, 4.69) is 9.69 Å². The fourth-order valence-electron chi connectivity index (χ4n) is 4.04. The van der Waals surface area contributed by atoms with Gasteiger partial charge in [0.15, 0.2) is 5.69 Å². The minimum absolute atomic E-state index is 0.0142. The normalized spacial score (nSPS) is 14.8. The van der Waals surface area contributed by atoms with Crippen molar-refractivity contribution >= 4 is 52.2 Å². The third-order valence-corrected chi connectivity index (χ3v) is 7.34. The van der Waals surface area contributed by atoms with Crippen molar-refractivity contribution in [1.82, 2.24) is 9.69 Å². The Labute approximate surface area is 205 Å². The van der Waals surface area contributed by atoms with Crippen LogP contribution in [0.3, 0.4) is 0 Å². The zero-order chi connectivity index (χ0) is 23.5. The maximum Gasteiger partial charge on any atom is 0.280 e. The van der Waals surface area contributed by atoms with Crippen molar-refractivity contribution in [2.75, 3.05) is 4.90 Å². The van der Waals surface area contributed by atoms with Crippen LogP contribution < -0.4 is 10.2 Å². The number of nitrogens with zero attached hydrogens (tertiary/aromatic N) is 2. The lowest BCUT2D eigenvalue weighted by atomic mass is 10.0. The quantitative estimate of drug-likeness (QED) is 0.424. The second-order valence-corrected chi connectivity index (χ2v) is 9.80. The van der Waals surface area contributed by atoms with Crippen LogP contribution in [0.5, 0.6) is 0 Å². The smallest absolute Gasteiger partial charge is 0.280 e. The summed E-state index contributed by atoms with van der Waals surface area (Å²) >= 11 is 13.1. The minimum Gasteiger partial charge on any atom is -0.351 e. The van der Waals surface area contributed by atoms with Crippen LogP contribution in [0, 0.1) is 12.7 Å². The second kappa shape index (κ2) is 10.2. The van der Waals surface area contributed by atoms with Crippen molar-refractivity contribution in [3.63, 3.8) is 0 Å². The number of rotatable bonds is 6. The fourth-order valence-corrected chi connectivity index (χ4v) is 5.02. The molecule has 1 aliphatic carbocycles. The molecule has 1 atom stereocenters. The Kier molecular flexibility index (Phi) is 7.32. The van der Waals surface area contributed by atoms with Crippen LogP contribution in [0.1, 0.15) is 53.3 Å². The first kappa shape index (κ1) is 23.7. The predicted octanol–water partition coefficient (Wildman–Crippen LogP) is 6.34. The molecule has 1 unspecified atom stereocenters. The van der Waals surface area contributed by atoms with E-state index in [-0.39, 0.29) is 32.7 Å². The van der Waals surface area contributed by atoms with E-state index in [1.807, 2.05) is 19.1 Å². The monoisotopic (exact) mass is 505 g/mol. The Morgan fingerprint density at radius 3 is 2.39 bits per heavy atom. The number of halogens is 3. The number of aromatic nitrogens is 1. The number of benzene rings is 2. The van der Waals surface area contributed by atoms with Gasteiger partial charge in [-0.3, -0.25) is 14.5 Å². The van der Waals surface area contributed by atoms with Crippen LogP contribution in [0.2, 0.25) is 9.36 Å². The molecule has 1 saturated carbocycles. The number of hydrogen-bond acceptors (Lipinski definition) is 4. The van der Waals surface area contributed by atoms with E-state index in [1.54, 1.807) is 18.2 Å². The van der Waals surface area contributed by atoms with Gasteiger partial charge in [-0.05, 0) is 49.0 Å². The number of anilines is 1. The number of carbonyl (C=O) groups is 2. The fraction of sp³-hybridized carbons (Fsp3) is 0.292. The third-order valence-electron chi connectivity index (χ3n) is 5.73. The molecule has 1 N–H and O–H groups in total. The molecule has 4 rings (SSSR count). The van der Waals surface area contributed by atoms with E-state index in [9.17, 15) is 9.59 Å². The summed E-state index contributed by atoms with van der Waals surface area (Å²) in [7, 11) is 0. The number of nitrogens with one attached hydrogen (secondary N) is 1. The molecule has 1 heterocycles. The standard InChI is InChI=1S/C24H22Cl2FN3O2S/c1-14-10-12-15(13-11-14)21(23(31)28-16-6-2-3-7-16)30(18-9-5-4-8-17(18)27)24(32)20-19(25)22(26)33-29-20/h4-5,8-13,16,21H,2-3,6-7H2,1H3,(H,28,31).